The van der Waals surface area contributed by atoms with Gasteiger partial charge in [0.05, 0.1) is 0 Å². The zero-order valence-electron chi connectivity index (χ0n) is 14.3. The number of hydrogen-bond donors (Lipinski definition) is 1. The molecular formula is C20H32O. The zero-order chi connectivity index (χ0) is 15.3. The molecule has 4 atom stereocenters. The van der Waals surface area contributed by atoms with Gasteiger partial charge in [-0.25, -0.2) is 0 Å². The van der Waals surface area contributed by atoms with Gasteiger partial charge in [0.2, 0.25) is 0 Å². The molecule has 3 rings (SSSR count). The molecule has 1 heteroatoms. The third kappa shape index (κ3) is 2.32. The van der Waals surface area contributed by atoms with Gasteiger partial charge in [-0.3, -0.25) is 0 Å². The molecule has 0 aromatic rings. The molecule has 0 amide bonds. The van der Waals surface area contributed by atoms with E-state index in [1.807, 2.05) is 0 Å². The summed E-state index contributed by atoms with van der Waals surface area (Å²) < 4.78 is 0. The van der Waals surface area contributed by atoms with Gasteiger partial charge in [-0.15, -0.1) is 0 Å². The Morgan fingerprint density at radius 2 is 2.05 bits per heavy atom. The number of hydrogen-bond acceptors (Lipinski definition) is 1. The van der Waals surface area contributed by atoms with Crippen LogP contribution in [-0.2, 0) is 0 Å². The number of fused-ring (bicyclic) bond motifs is 3. The molecule has 0 radical (unpaired) electrons. The first-order valence-corrected chi connectivity index (χ1v) is 8.92. The van der Waals surface area contributed by atoms with E-state index >= 15 is 0 Å². The maximum absolute atomic E-state index is 9.99. The second kappa shape index (κ2) is 5.26. The van der Waals surface area contributed by atoms with Gasteiger partial charge < -0.3 is 5.11 Å². The summed E-state index contributed by atoms with van der Waals surface area (Å²) >= 11 is 0. The average Bonchev–Trinajstić information content (AvgIpc) is 2.46. The molecule has 1 N–H and O–H groups in total. The Kier molecular flexibility index (Phi) is 3.84. The maximum atomic E-state index is 9.99. The predicted octanol–water partition coefficient (Wildman–Crippen LogP) is 5.11. The van der Waals surface area contributed by atoms with Gasteiger partial charge in [0.1, 0.15) is 0 Å². The smallest absolute Gasteiger partial charge is 0.0487 e. The Morgan fingerprint density at radius 1 is 1.29 bits per heavy atom. The molecule has 3 aliphatic rings. The summed E-state index contributed by atoms with van der Waals surface area (Å²) in [7, 11) is 0. The van der Waals surface area contributed by atoms with Crippen molar-refractivity contribution in [3.05, 3.63) is 23.3 Å². The predicted molar refractivity (Wildman–Crippen MR) is 89.0 cm³/mol. The Labute approximate surface area is 130 Å². The van der Waals surface area contributed by atoms with Crippen LogP contribution in [0.3, 0.4) is 0 Å². The Hall–Kier alpha value is -0.560. The Bertz CT molecular complexity index is 472. The van der Waals surface area contributed by atoms with Gasteiger partial charge >= 0.3 is 0 Å². The summed E-state index contributed by atoms with van der Waals surface area (Å²) in [6, 6.07) is 0. The first-order valence-electron chi connectivity index (χ1n) is 8.92. The molecule has 2 saturated carbocycles. The summed E-state index contributed by atoms with van der Waals surface area (Å²) in [4.78, 5) is 0. The minimum atomic E-state index is 0.153. The molecule has 0 saturated heterocycles. The van der Waals surface area contributed by atoms with Crippen LogP contribution in [0.4, 0.5) is 0 Å². The van der Waals surface area contributed by atoms with Crippen LogP contribution in [0, 0.1) is 28.6 Å². The summed E-state index contributed by atoms with van der Waals surface area (Å²) in [6.45, 7) is 9.84. The molecule has 0 aliphatic heterocycles. The van der Waals surface area contributed by atoms with Crippen LogP contribution in [0.15, 0.2) is 23.3 Å². The van der Waals surface area contributed by atoms with E-state index in [0.29, 0.717) is 23.9 Å². The molecule has 0 aromatic heterocycles. The largest absolute Gasteiger partial charge is 0.396 e. The number of aliphatic hydroxyl groups is 1. The van der Waals surface area contributed by atoms with Crippen LogP contribution in [0.25, 0.3) is 0 Å². The van der Waals surface area contributed by atoms with Crippen molar-refractivity contribution in [1.29, 1.82) is 0 Å². The van der Waals surface area contributed by atoms with Crippen LogP contribution in [0.5, 0.6) is 0 Å². The van der Waals surface area contributed by atoms with Crippen molar-refractivity contribution in [3.63, 3.8) is 0 Å². The summed E-state index contributed by atoms with van der Waals surface area (Å²) in [5, 5.41) is 9.99. The molecule has 21 heavy (non-hydrogen) atoms. The van der Waals surface area contributed by atoms with Gasteiger partial charge in [0.25, 0.3) is 0 Å². The van der Waals surface area contributed by atoms with Gasteiger partial charge in [0.15, 0.2) is 0 Å². The number of aliphatic hydroxyl groups excluding tert-OH is 1. The van der Waals surface area contributed by atoms with Crippen LogP contribution < -0.4 is 0 Å². The van der Waals surface area contributed by atoms with Crippen molar-refractivity contribution in [1.82, 2.24) is 0 Å². The monoisotopic (exact) mass is 288 g/mol. The first kappa shape index (κ1) is 15.3. The molecule has 3 aliphatic carbocycles. The molecule has 0 aromatic carbocycles. The van der Waals surface area contributed by atoms with Crippen molar-refractivity contribution in [2.45, 2.75) is 66.2 Å². The molecule has 0 bridgehead atoms. The van der Waals surface area contributed by atoms with Gasteiger partial charge in [-0.2, -0.15) is 0 Å². The van der Waals surface area contributed by atoms with Crippen LogP contribution in [-0.4, -0.2) is 11.7 Å². The molecule has 2 fully saturated rings. The van der Waals surface area contributed by atoms with E-state index in [1.54, 1.807) is 11.1 Å². The third-order valence-electron chi connectivity index (χ3n) is 7.04. The van der Waals surface area contributed by atoms with E-state index in [9.17, 15) is 5.11 Å². The number of allylic oxidation sites excluding steroid dienone is 4. The Morgan fingerprint density at radius 3 is 2.71 bits per heavy atom. The van der Waals surface area contributed by atoms with E-state index in [4.69, 9.17) is 0 Å². The normalized spacial score (nSPS) is 43.0. The lowest BCUT2D eigenvalue weighted by Crippen LogP contribution is -2.52. The standard InChI is InChI=1S/C20H32O/c1-14(2)15-6-8-17-16(12-15)7-9-18-19(3,13-21)10-5-11-20(17,18)4/h6,12,14,17-18,21H,5,7-11,13H2,1-4H3. The zero-order valence-corrected chi connectivity index (χ0v) is 14.3. The maximum Gasteiger partial charge on any atom is 0.0487 e. The topological polar surface area (TPSA) is 20.2 Å². The van der Waals surface area contributed by atoms with Crippen LogP contribution >= 0.6 is 0 Å². The lowest BCUT2D eigenvalue weighted by atomic mass is 9.46. The van der Waals surface area contributed by atoms with Crippen LogP contribution in [0.2, 0.25) is 0 Å². The second-order valence-corrected chi connectivity index (χ2v) is 8.63. The highest BCUT2D eigenvalue weighted by atomic mass is 16.3. The highest BCUT2D eigenvalue weighted by molar-refractivity contribution is 5.34. The molecule has 4 unspecified atom stereocenters. The van der Waals surface area contributed by atoms with Crippen LogP contribution in [0.1, 0.15) is 66.2 Å². The fraction of sp³-hybridized carbons (Fsp3) is 0.800. The van der Waals surface area contributed by atoms with Gasteiger partial charge in [-0.05, 0) is 66.3 Å². The minimum absolute atomic E-state index is 0.153. The van der Waals surface area contributed by atoms with Gasteiger partial charge in [-0.1, -0.05) is 51.8 Å². The number of rotatable bonds is 2. The summed E-state index contributed by atoms with van der Waals surface area (Å²) in [5.74, 6) is 2.07. The quantitative estimate of drug-likeness (QED) is 0.748. The Balaban J connectivity index is 1.92. The van der Waals surface area contributed by atoms with E-state index < -0.39 is 0 Å². The summed E-state index contributed by atoms with van der Waals surface area (Å²) in [5.41, 5.74) is 3.81. The third-order valence-corrected chi connectivity index (χ3v) is 7.04. The SMILES string of the molecule is CC(C)C1=CCC2C(=C1)CCC1C(C)(CO)CCCC21C. The van der Waals surface area contributed by atoms with Crippen molar-refractivity contribution in [3.8, 4) is 0 Å². The molecule has 118 valence electrons. The average molecular weight is 288 g/mol. The molecule has 0 heterocycles. The van der Waals surface area contributed by atoms with Crippen molar-refractivity contribution >= 4 is 0 Å². The van der Waals surface area contributed by atoms with Gasteiger partial charge in [0, 0.05) is 6.61 Å². The molecular weight excluding hydrogens is 256 g/mol. The van der Waals surface area contributed by atoms with Crippen molar-refractivity contribution in [2.75, 3.05) is 6.61 Å². The van der Waals surface area contributed by atoms with Crippen molar-refractivity contribution < 1.29 is 5.11 Å². The lowest BCUT2D eigenvalue weighted by molar-refractivity contribution is -0.0843. The first-order chi connectivity index (χ1) is 9.90. The highest BCUT2D eigenvalue weighted by Crippen LogP contribution is 2.62. The fourth-order valence-electron chi connectivity index (χ4n) is 5.73. The van der Waals surface area contributed by atoms with E-state index in [-0.39, 0.29) is 5.41 Å². The highest BCUT2D eigenvalue weighted by Gasteiger charge is 2.54. The minimum Gasteiger partial charge on any atom is -0.396 e. The fourth-order valence-corrected chi connectivity index (χ4v) is 5.73. The van der Waals surface area contributed by atoms with E-state index in [0.717, 1.165) is 5.92 Å². The second-order valence-electron chi connectivity index (χ2n) is 8.63. The van der Waals surface area contributed by atoms with E-state index in [2.05, 4.69) is 39.8 Å². The van der Waals surface area contributed by atoms with Crippen molar-refractivity contribution in [2.24, 2.45) is 28.6 Å². The molecule has 0 spiro atoms. The summed E-state index contributed by atoms with van der Waals surface area (Å²) in [6.07, 6.45) is 12.6. The lowest BCUT2D eigenvalue weighted by Gasteiger charge is -2.59. The molecule has 1 nitrogen and oxygen atoms in total. The van der Waals surface area contributed by atoms with E-state index in [1.165, 1.54) is 38.5 Å².